The van der Waals surface area contributed by atoms with Crippen molar-refractivity contribution < 1.29 is 27.3 Å². The Balaban J connectivity index is 2.12. The number of ether oxygens (including phenoxy) is 1. The van der Waals surface area contributed by atoms with Crippen LogP contribution in [0.2, 0.25) is 5.02 Å². The summed E-state index contributed by atoms with van der Waals surface area (Å²) in [6, 6.07) is 8.18. The summed E-state index contributed by atoms with van der Waals surface area (Å²) >= 11 is 6.55. The molecule has 0 aliphatic rings. The van der Waals surface area contributed by atoms with Gasteiger partial charge in [-0.25, -0.2) is 0 Å². The number of halogens is 4. The van der Waals surface area contributed by atoms with E-state index in [1.165, 1.54) is 17.4 Å². The number of hydrogen-bond acceptors (Lipinski definition) is 5. The summed E-state index contributed by atoms with van der Waals surface area (Å²) in [5, 5.41) is 0.327. The Morgan fingerprint density at radius 3 is 2.50 bits per heavy atom. The number of Topliss-reactive ketones (excluding diaryl/α,β-unsaturated/α-hetero) is 1. The van der Waals surface area contributed by atoms with Crippen molar-refractivity contribution in [2.75, 3.05) is 6.61 Å². The first-order valence-corrected chi connectivity index (χ1v) is 13.4. The van der Waals surface area contributed by atoms with Gasteiger partial charge >= 0.3 is 6.18 Å². The Morgan fingerprint density at radius 2 is 1.94 bits per heavy atom. The van der Waals surface area contributed by atoms with Crippen LogP contribution >= 0.6 is 22.9 Å². The molecule has 1 aromatic heterocycles. The average Bonchev–Trinajstić information content (AvgIpc) is 3.22. The molecule has 190 valence electrons. The molecule has 0 aliphatic heterocycles. The lowest BCUT2D eigenvalue weighted by Gasteiger charge is -2.28. The third kappa shape index (κ3) is 9.41. The highest BCUT2D eigenvalue weighted by Gasteiger charge is 2.31. The Bertz CT molecular complexity index is 944. The molecular weight excluding hydrogens is 507 g/mol. The van der Waals surface area contributed by atoms with Crippen molar-refractivity contribution in [1.29, 1.82) is 0 Å². The highest BCUT2D eigenvalue weighted by Crippen LogP contribution is 2.33. The van der Waals surface area contributed by atoms with Crippen LogP contribution in [0.25, 0.3) is 0 Å². The minimum absolute atomic E-state index is 0.0128. The van der Waals surface area contributed by atoms with Crippen LogP contribution in [0.1, 0.15) is 79.5 Å². The second-order valence-electron chi connectivity index (χ2n) is 8.88. The maximum absolute atomic E-state index is 12.8. The maximum atomic E-state index is 12.8. The Kier molecular flexibility index (Phi) is 10.8. The lowest BCUT2D eigenvalue weighted by molar-refractivity contribution is -0.136. The topological polar surface area (TPSA) is 61.4 Å². The standard InChI is InChI=1S/C24H31ClF3NO3S2/c1-5-17-8-12-22(33-17)21(30)11-10-20(29-34(31)23(2,3)4)18-9-7-16(15-19(18)25)32-14-6-13-24(26,27)28/h7-9,12,15,20,29H,5-6,10-11,13-14H2,1-4H3. The molecule has 2 aromatic rings. The van der Waals surface area contributed by atoms with Gasteiger partial charge in [-0.3, -0.25) is 4.79 Å². The molecule has 2 rings (SSSR count). The van der Waals surface area contributed by atoms with E-state index < -0.39 is 34.7 Å². The number of thiophene rings is 1. The van der Waals surface area contributed by atoms with E-state index in [1.807, 2.05) is 39.8 Å². The minimum atomic E-state index is -4.22. The van der Waals surface area contributed by atoms with Crippen molar-refractivity contribution >= 4 is 40.1 Å². The van der Waals surface area contributed by atoms with E-state index in [1.54, 1.807) is 12.1 Å². The first-order chi connectivity index (χ1) is 15.8. The number of rotatable bonds is 12. The summed E-state index contributed by atoms with van der Waals surface area (Å²) < 4.78 is 57.7. The average molecular weight is 538 g/mol. The van der Waals surface area contributed by atoms with Gasteiger partial charge in [0.05, 0.1) is 17.5 Å². The lowest BCUT2D eigenvalue weighted by atomic mass is 10.0. The molecule has 0 spiro atoms. The molecule has 0 saturated carbocycles. The molecule has 0 aliphatic carbocycles. The van der Waals surface area contributed by atoms with Crippen LogP contribution in [0.5, 0.6) is 5.75 Å². The first kappa shape index (κ1) is 29.0. The molecule has 0 radical (unpaired) electrons. The number of carbonyl (C=O) groups excluding carboxylic acids is 1. The minimum Gasteiger partial charge on any atom is -0.598 e. The van der Waals surface area contributed by atoms with Gasteiger partial charge in [0.2, 0.25) is 0 Å². The van der Waals surface area contributed by atoms with Crippen molar-refractivity contribution in [3.05, 3.63) is 50.7 Å². The number of nitrogens with one attached hydrogen (secondary N) is 1. The summed E-state index contributed by atoms with van der Waals surface area (Å²) in [7, 11) is 0. The monoisotopic (exact) mass is 537 g/mol. The van der Waals surface area contributed by atoms with Crippen LogP contribution in [0.4, 0.5) is 13.2 Å². The smallest absolute Gasteiger partial charge is 0.389 e. The SMILES string of the molecule is CCc1ccc(C(=O)CCC(N[S+]([O-])C(C)(C)C)c2ccc(OCCCC(F)(F)F)cc2Cl)s1. The second kappa shape index (κ2) is 12.6. The Labute approximate surface area is 211 Å². The molecule has 34 heavy (non-hydrogen) atoms. The van der Waals surface area contributed by atoms with Crippen LogP contribution < -0.4 is 9.46 Å². The van der Waals surface area contributed by atoms with E-state index in [0.717, 1.165) is 11.3 Å². The molecule has 1 N–H and O–H groups in total. The van der Waals surface area contributed by atoms with Gasteiger partial charge in [0.15, 0.2) is 5.78 Å². The first-order valence-electron chi connectivity index (χ1n) is 11.1. The summed E-state index contributed by atoms with van der Waals surface area (Å²) in [6.45, 7) is 7.48. The lowest BCUT2D eigenvalue weighted by Crippen LogP contribution is -2.41. The van der Waals surface area contributed by atoms with Crippen molar-refractivity contribution in [2.45, 2.75) is 76.8 Å². The van der Waals surface area contributed by atoms with Gasteiger partial charge in [-0.2, -0.15) is 13.2 Å². The summed E-state index contributed by atoms with van der Waals surface area (Å²) in [5.41, 5.74) is 0.648. The zero-order valence-corrected chi connectivity index (χ0v) is 22.1. The quantitative estimate of drug-likeness (QED) is 0.173. The van der Waals surface area contributed by atoms with E-state index >= 15 is 0 Å². The fourth-order valence-corrected chi connectivity index (χ4v) is 5.12. The van der Waals surface area contributed by atoms with E-state index in [9.17, 15) is 22.5 Å². The van der Waals surface area contributed by atoms with Crippen molar-refractivity contribution in [3.8, 4) is 5.75 Å². The third-order valence-electron chi connectivity index (χ3n) is 4.97. The number of aryl methyl sites for hydroxylation is 1. The highest BCUT2D eigenvalue weighted by molar-refractivity contribution is 7.90. The van der Waals surface area contributed by atoms with Crippen LogP contribution in [-0.4, -0.2) is 27.9 Å². The molecule has 0 fully saturated rings. The molecule has 2 atom stereocenters. The molecule has 1 heterocycles. The molecule has 0 amide bonds. The molecular formula is C24H31ClF3NO3S2. The predicted octanol–water partition coefficient (Wildman–Crippen LogP) is 7.44. The summed E-state index contributed by atoms with van der Waals surface area (Å²) in [5.74, 6) is 0.368. The fraction of sp³-hybridized carbons (Fsp3) is 0.542. The Morgan fingerprint density at radius 1 is 1.24 bits per heavy atom. The van der Waals surface area contributed by atoms with Gasteiger partial charge in [-0.05, 0) is 69.9 Å². The summed E-state index contributed by atoms with van der Waals surface area (Å²) in [6.07, 6.45) is -3.79. The number of carbonyl (C=O) groups is 1. The number of ketones is 1. The van der Waals surface area contributed by atoms with Crippen LogP contribution in [0, 0.1) is 0 Å². The maximum Gasteiger partial charge on any atom is 0.389 e. The molecule has 1 aromatic carbocycles. The Hall–Kier alpha value is -1.26. The van der Waals surface area contributed by atoms with Gasteiger partial charge in [-0.15, -0.1) is 16.1 Å². The fourth-order valence-electron chi connectivity index (χ4n) is 3.04. The van der Waals surface area contributed by atoms with Crippen LogP contribution in [0.3, 0.4) is 0 Å². The second-order valence-corrected chi connectivity index (χ2v) is 12.5. The van der Waals surface area contributed by atoms with E-state index in [0.29, 0.717) is 27.6 Å². The van der Waals surface area contributed by atoms with Crippen molar-refractivity contribution in [1.82, 2.24) is 4.72 Å². The normalized spacial score (nSPS) is 14.1. The molecule has 2 unspecified atom stereocenters. The number of hydrogen-bond donors (Lipinski definition) is 1. The third-order valence-corrected chi connectivity index (χ3v) is 8.18. The van der Waals surface area contributed by atoms with Gasteiger partial charge < -0.3 is 9.29 Å². The number of alkyl halides is 3. The largest absolute Gasteiger partial charge is 0.598 e. The zero-order chi connectivity index (χ0) is 25.5. The molecule has 4 nitrogen and oxygen atoms in total. The summed E-state index contributed by atoms with van der Waals surface area (Å²) in [4.78, 5) is 14.6. The van der Waals surface area contributed by atoms with Gasteiger partial charge in [0.1, 0.15) is 10.5 Å². The molecule has 10 heteroatoms. The van der Waals surface area contributed by atoms with E-state index in [-0.39, 0.29) is 25.2 Å². The van der Waals surface area contributed by atoms with Crippen LogP contribution in [0.15, 0.2) is 30.3 Å². The molecule has 0 bridgehead atoms. The van der Waals surface area contributed by atoms with Crippen LogP contribution in [-0.2, 0) is 17.8 Å². The van der Waals surface area contributed by atoms with Gasteiger partial charge in [0, 0.05) is 34.1 Å². The van der Waals surface area contributed by atoms with Crippen molar-refractivity contribution in [2.24, 2.45) is 0 Å². The predicted molar refractivity (Wildman–Crippen MR) is 133 cm³/mol. The zero-order valence-electron chi connectivity index (χ0n) is 19.8. The van der Waals surface area contributed by atoms with E-state index in [4.69, 9.17) is 16.3 Å². The van der Waals surface area contributed by atoms with Gasteiger partial charge in [-0.1, -0.05) is 24.6 Å². The van der Waals surface area contributed by atoms with Gasteiger partial charge in [0.25, 0.3) is 0 Å². The van der Waals surface area contributed by atoms with Crippen molar-refractivity contribution in [3.63, 3.8) is 0 Å². The van der Waals surface area contributed by atoms with E-state index in [2.05, 4.69) is 4.72 Å². The highest BCUT2D eigenvalue weighted by atomic mass is 35.5. The number of benzene rings is 1. The molecule has 0 saturated heterocycles.